The van der Waals surface area contributed by atoms with Crippen LogP contribution in [0.4, 0.5) is 0 Å². The molecule has 0 spiro atoms. The molecule has 7 heteroatoms. The van der Waals surface area contributed by atoms with Crippen LogP contribution < -0.4 is 10.6 Å². The van der Waals surface area contributed by atoms with Gasteiger partial charge in [-0.1, -0.05) is 19.3 Å². The maximum atomic E-state index is 12.9. The average molecular weight is 410 g/mol. The van der Waals surface area contributed by atoms with E-state index < -0.39 is 0 Å². The lowest BCUT2D eigenvalue weighted by molar-refractivity contribution is -0.137. The molecular formula is C19H37Cl2N3O2. The van der Waals surface area contributed by atoms with Gasteiger partial charge in [0.1, 0.15) is 0 Å². The minimum Gasteiger partial charge on any atom is -0.384 e. The van der Waals surface area contributed by atoms with Crippen molar-refractivity contribution in [2.45, 2.75) is 69.9 Å². The molecule has 1 aliphatic carbocycles. The van der Waals surface area contributed by atoms with Gasteiger partial charge in [-0.3, -0.25) is 4.79 Å². The van der Waals surface area contributed by atoms with Gasteiger partial charge in [-0.25, -0.2) is 0 Å². The highest BCUT2D eigenvalue weighted by Crippen LogP contribution is 2.30. The maximum absolute atomic E-state index is 12.9. The molecule has 0 atom stereocenters. The Kier molecular flexibility index (Phi) is 10.8. The van der Waals surface area contributed by atoms with Crippen LogP contribution in [0.25, 0.3) is 0 Å². The van der Waals surface area contributed by atoms with Crippen molar-refractivity contribution >= 4 is 30.7 Å². The van der Waals surface area contributed by atoms with Gasteiger partial charge in [0.05, 0.1) is 12.0 Å². The fourth-order valence-electron chi connectivity index (χ4n) is 4.81. The Morgan fingerprint density at radius 2 is 1.69 bits per heavy atom. The van der Waals surface area contributed by atoms with Crippen molar-refractivity contribution in [3.63, 3.8) is 0 Å². The Morgan fingerprint density at radius 1 is 1.08 bits per heavy atom. The minimum atomic E-state index is -0.319. The minimum absolute atomic E-state index is 0. The van der Waals surface area contributed by atoms with Gasteiger partial charge < -0.3 is 20.3 Å². The van der Waals surface area contributed by atoms with Crippen molar-refractivity contribution in [1.29, 1.82) is 0 Å². The normalized spacial score (nSPS) is 25.0. The number of hydrogen-bond acceptors (Lipinski definition) is 4. The molecule has 0 aromatic carbocycles. The molecule has 0 bridgehead atoms. The maximum Gasteiger partial charge on any atom is 0.228 e. The van der Waals surface area contributed by atoms with Crippen LogP contribution in [0.3, 0.4) is 0 Å². The predicted octanol–water partition coefficient (Wildman–Crippen LogP) is 2.76. The van der Waals surface area contributed by atoms with Crippen LogP contribution in [-0.2, 0) is 9.53 Å². The van der Waals surface area contributed by atoms with E-state index in [9.17, 15) is 4.79 Å². The molecule has 2 aliphatic heterocycles. The summed E-state index contributed by atoms with van der Waals surface area (Å²) in [6.07, 6.45) is 10.9. The van der Waals surface area contributed by atoms with E-state index in [-0.39, 0.29) is 36.1 Å². The third-order valence-corrected chi connectivity index (χ3v) is 6.42. The third-order valence-electron chi connectivity index (χ3n) is 6.42. The second-order valence-corrected chi connectivity index (χ2v) is 8.04. The zero-order valence-corrected chi connectivity index (χ0v) is 17.8. The number of ether oxygens (including phenoxy) is 1. The molecule has 0 aromatic rings. The molecule has 0 unspecified atom stereocenters. The number of carbonyl (C=O) groups is 1. The lowest BCUT2D eigenvalue weighted by atomic mass is 9.78. The standard InChI is InChI=1S/C19H35N3O2.2ClH/c1-24-15-19(9-11-20-12-10-19)18(23)21-16-7-13-22(14-8-16)17-5-3-2-4-6-17;;/h16-17,20H,2-15H2,1H3,(H,21,23);2*1H. The summed E-state index contributed by atoms with van der Waals surface area (Å²) in [6.45, 7) is 4.66. The van der Waals surface area contributed by atoms with Crippen LogP contribution in [0.15, 0.2) is 0 Å². The molecule has 3 aliphatic rings. The number of nitrogens with zero attached hydrogens (tertiary/aromatic N) is 1. The molecule has 1 amide bonds. The van der Waals surface area contributed by atoms with E-state index in [1.807, 2.05) is 0 Å². The molecule has 0 radical (unpaired) electrons. The van der Waals surface area contributed by atoms with Gasteiger partial charge >= 0.3 is 0 Å². The van der Waals surface area contributed by atoms with Crippen molar-refractivity contribution in [2.75, 3.05) is 39.9 Å². The van der Waals surface area contributed by atoms with E-state index >= 15 is 0 Å². The van der Waals surface area contributed by atoms with Crippen LogP contribution in [0.1, 0.15) is 57.8 Å². The largest absolute Gasteiger partial charge is 0.384 e. The summed E-state index contributed by atoms with van der Waals surface area (Å²) < 4.78 is 5.39. The van der Waals surface area contributed by atoms with E-state index in [2.05, 4.69) is 15.5 Å². The van der Waals surface area contributed by atoms with Crippen LogP contribution in [0.5, 0.6) is 0 Å². The molecule has 26 heavy (non-hydrogen) atoms. The second kappa shape index (κ2) is 11.7. The Bertz CT molecular complexity index is 400. The molecule has 2 heterocycles. The molecule has 2 saturated heterocycles. The lowest BCUT2D eigenvalue weighted by Gasteiger charge is -2.41. The molecule has 0 aromatic heterocycles. The highest BCUT2D eigenvalue weighted by atomic mass is 35.5. The smallest absolute Gasteiger partial charge is 0.228 e. The topological polar surface area (TPSA) is 53.6 Å². The lowest BCUT2D eigenvalue weighted by Crippen LogP contribution is -2.55. The van der Waals surface area contributed by atoms with E-state index in [1.165, 1.54) is 32.1 Å². The van der Waals surface area contributed by atoms with Crippen LogP contribution in [-0.4, -0.2) is 62.8 Å². The number of carbonyl (C=O) groups excluding carboxylic acids is 1. The molecule has 3 fully saturated rings. The van der Waals surface area contributed by atoms with E-state index in [0.717, 1.165) is 57.9 Å². The Morgan fingerprint density at radius 3 is 2.27 bits per heavy atom. The van der Waals surface area contributed by atoms with Gasteiger partial charge in [0, 0.05) is 32.3 Å². The van der Waals surface area contributed by atoms with Crippen molar-refractivity contribution in [3.8, 4) is 0 Å². The summed E-state index contributed by atoms with van der Waals surface area (Å²) in [5, 5.41) is 6.72. The number of halogens is 2. The molecule has 5 nitrogen and oxygen atoms in total. The van der Waals surface area contributed by atoms with Crippen molar-refractivity contribution in [3.05, 3.63) is 0 Å². The molecule has 2 N–H and O–H groups in total. The monoisotopic (exact) mass is 409 g/mol. The number of rotatable bonds is 5. The summed E-state index contributed by atoms with van der Waals surface area (Å²) in [5.41, 5.74) is -0.319. The Labute approximate surface area is 171 Å². The number of hydrogen-bond donors (Lipinski definition) is 2. The van der Waals surface area contributed by atoms with E-state index in [0.29, 0.717) is 12.6 Å². The zero-order valence-electron chi connectivity index (χ0n) is 16.1. The SMILES string of the molecule is COCC1(C(=O)NC2CCN(C3CCCCC3)CC2)CCNCC1.Cl.Cl. The quantitative estimate of drug-likeness (QED) is 0.732. The fraction of sp³-hybridized carbons (Fsp3) is 0.947. The summed E-state index contributed by atoms with van der Waals surface area (Å²) in [4.78, 5) is 15.6. The molecule has 1 saturated carbocycles. The predicted molar refractivity (Wildman–Crippen MR) is 111 cm³/mol. The van der Waals surface area contributed by atoms with Crippen molar-refractivity contribution in [2.24, 2.45) is 5.41 Å². The van der Waals surface area contributed by atoms with Gasteiger partial charge in [-0.15, -0.1) is 24.8 Å². The average Bonchev–Trinajstić information content (AvgIpc) is 2.64. The van der Waals surface area contributed by atoms with E-state index in [4.69, 9.17) is 4.74 Å². The number of amides is 1. The van der Waals surface area contributed by atoms with Crippen LogP contribution >= 0.6 is 24.8 Å². The third kappa shape index (κ3) is 5.96. The summed E-state index contributed by atoms with van der Waals surface area (Å²) in [5.74, 6) is 0.224. The molecule has 3 rings (SSSR count). The first-order valence-corrected chi connectivity index (χ1v) is 9.98. The van der Waals surface area contributed by atoms with Crippen LogP contribution in [0.2, 0.25) is 0 Å². The number of piperidine rings is 2. The highest BCUT2D eigenvalue weighted by molar-refractivity contribution is 5.85. The summed E-state index contributed by atoms with van der Waals surface area (Å²) >= 11 is 0. The zero-order chi connectivity index (χ0) is 16.8. The Balaban J connectivity index is 0.00000169. The van der Waals surface area contributed by atoms with Crippen molar-refractivity contribution in [1.82, 2.24) is 15.5 Å². The van der Waals surface area contributed by atoms with Gasteiger partial charge in [-0.2, -0.15) is 0 Å². The summed E-state index contributed by atoms with van der Waals surface area (Å²) in [6, 6.07) is 1.15. The number of nitrogens with one attached hydrogen (secondary N) is 2. The molecular weight excluding hydrogens is 373 g/mol. The summed E-state index contributed by atoms with van der Waals surface area (Å²) in [7, 11) is 1.71. The van der Waals surface area contributed by atoms with Crippen LogP contribution in [0, 0.1) is 5.41 Å². The second-order valence-electron chi connectivity index (χ2n) is 8.04. The van der Waals surface area contributed by atoms with Gasteiger partial charge in [0.2, 0.25) is 5.91 Å². The first kappa shape index (κ1) is 24.0. The van der Waals surface area contributed by atoms with Gasteiger partial charge in [-0.05, 0) is 51.6 Å². The van der Waals surface area contributed by atoms with Gasteiger partial charge in [0.25, 0.3) is 0 Å². The van der Waals surface area contributed by atoms with E-state index in [1.54, 1.807) is 7.11 Å². The first-order chi connectivity index (χ1) is 11.7. The number of likely N-dealkylation sites (tertiary alicyclic amines) is 1. The molecule has 154 valence electrons. The Hall–Kier alpha value is -0.0700. The first-order valence-electron chi connectivity index (χ1n) is 9.98. The highest BCUT2D eigenvalue weighted by Gasteiger charge is 2.40. The number of methoxy groups -OCH3 is 1. The van der Waals surface area contributed by atoms with Gasteiger partial charge in [0.15, 0.2) is 0 Å². The van der Waals surface area contributed by atoms with Crippen molar-refractivity contribution < 1.29 is 9.53 Å². The fourth-order valence-corrected chi connectivity index (χ4v) is 4.81.